The maximum atomic E-state index is 13.1. The minimum atomic E-state index is -0.129. The molecule has 5 rings (SSSR count). The molecule has 3 heterocycles. The van der Waals surface area contributed by atoms with Crippen LogP contribution in [-0.4, -0.2) is 34.8 Å². The number of amides is 1. The number of fused-ring (bicyclic) bond motifs is 1. The Labute approximate surface area is 156 Å². The van der Waals surface area contributed by atoms with Gasteiger partial charge in [0.2, 0.25) is 0 Å². The third-order valence-electron chi connectivity index (χ3n) is 5.44. The molecule has 6 nitrogen and oxygen atoms in total. The van der Waals surface area contributed by atoms with Crippen molar-refractivity contribution in [2.24, 2.45) is 5.92 Å². The summed E-state index contributed by atoms with van der Waals surface area (Å²) in [5.74, 6) is 0.556. The summed E-state index contributed by atoms with van der Waals surface area (Å²) in [5.41, 5.74) is 3.23. The van der Waals surface area contributed by atoms with E-state index in [9.17, 15) is 4.79 Å². The molecule has 2 aromatic heterocycles. The van der Waals surface area contributed by atoms with Crippen molar-refractivity contribution in [1.29, 1.82) is 0 Å². The highest BCUT2D eigenvalue weighted by Gasteiger charge is 2.38. The predicted octanol–water partition coefficient (Wildman–Crippen LogP) is 3.50. The van der Waals surface area contributed by atoms with Crippen molar-refractivity contribution >= 4 is 17.0 Å². The van der Waals surface area contributed by atoms with Crippen LogP contribution in [0.25, 0.3) is 22.4 Å². The van der Waals surface area contributed by atoms with Gasteiger partial charge in [-0.2, -0.15) is 0 Å². The average molecular weight is 363 g/mol. The van der Waals surface area contributed by atoms with Gasteiger partial charge in [-0.15, -0.1) is 0 Å². The van der Waals surface area contributed by atoms with Gasteiger partial charge in [0.1, 0.15) is 0 Å². The van der Waals surface area contributed by atoms with E-state index >= 15 is 0 Å². The molecule has 0 radical (unpaired) electrons. The molecule has 2 unspecified atom stereocenters. The zero-order valence-electron chi connectivity index (χ0n) is 15.1. The molecule has 1 aromatic carbocycles. The number of hydrogen-bond donors (Lipinski definition) is 1. The lowest BCUT2D eigenvalue weighted by Gasteiger charge is -2.12. The molecular formula is C21H21N3O3. The molecule has 1 N–H and O–H groups in total. The maximum Gasteiger partial charge on any atom is 0.259 e. The van der Waals surface area contributed by atoms with Crippen LogP contribution in [0.3, 0.4) is 0 Å². The molecule has 3 aromatic rings. The number of benzene rings is 1. The summed E-state index contributed by atoms with van der Waals surface area (Å²) in [6.07, 6.45) is 3.68. The monoisotopic (exact) mass is 363 g/mol. The summed E-state index contributed by atoms with van der Waals surface area (Å²) in [6, 6.07) is 11.6. The van der Waals surface area contributed by atoms with Gasteiger partial charge < -0.3 is 14.6 Å². The standard InChI is InChI=1S/C21H21N3O3/c1-12-19-16(20(25)22-15-9-18(26-11-15)14-7-8-14)10-17(23-21(19)27-24-12)13-5-3-2-4-6-13/h2-6,10,14-15,18H,7-9,11H2,1H3,(H,22,25). The lowest BCUT2D eigenvalue weighted by molar-refractivity contribution is 0.0867. The number of nitrogens with one attached hydrogen (secondary N) is 1. The fourth-order valence-corrected chi connectivity index (χ4v) is 3.85. The SMILES string of the molecule is Cc1noc2nc(-c3ccccc3)cc(C(=O)NC3COC(C4CC4)C3)c12. The molecule has 2 atom stereocenters. The van der Waals surface area contributed by atoms with Gasteiger partial charge in [-0.05, 0) is 38.2 Å². The van der Waals surface area contributed by atoms with Crippen LogP contribution >= 0.6 is 0 Å². The Bertz CT molecular complexity index is 995. The van der Waals surface area contributed by atoms with Crippen molar-refractivity contribution in [3.63, 3.8) is 0 Å². The minimum Gasteiger partial charge on any atom is -0.376 e. The first kappa shape index (κ1) is 16.4. The number of aryl methyl sites for hydroxylation is 1. The van der Waals surface area contributed by atoms with Crippen molar-refractivity contribution in [2.45, 2.75) is 38.3 Å². The lowest BCUT2D eigenvalue weighted by Crippen LogP contribution is -2.35. The maximum absolute atomic E-state index is 13.1. The summed E-state index contributed by atoms with van der Waals surface area (Å²) in [6.45, 7) is 2.41. The molecule has 1 saturated heterocycles. The zero-order chi connectivity index (χ0) is 18.4. The smallest absolute Gasteiger partial charge is 0.259 e. The number of rotatable bonds is 4. The van der Waals surface area contributed by atoms with Gasteiger partial charge in [-0.25, -0.2) is 4.98 Å². The van der Waals surface area contributed by atoms with Gasteiger partial charge in [0, 0.05) is 5.56 Å². The topological polar surface area (TPSA) is 77.2 Å². The molecule has 2 aliphatic rings. The summed E-state index contributed by atoms with van der Waals surface area (Å²) < 4.78 is 11.2. The Morgan fingerprint density at radius 2 is 2.04 bits per heavy atom. The molecule has 27 heavy (non-hydrogen) atoms. The summed E-state index contributed by atoms with van der Waals surface area (Å²) in [7, 11) is 0. The third kappa shape index (κ3) is 3.10. The Morgan fingerprint density at radius 3 is 2.81 bits per heavy atom. The zero-order valence-corrected chi connectivity index (χ0v) is 15.1. The second kappa shape index (κ2) is 6.46. The van der Waals surface area contributed by atoms with Crippen LogP contribution in [0.2, 0.25) is 0 Å². The Balaban J connectivity index is 1.47. The second-order valence-electron chi connectivity index (χ2n) is 7.48. The minimum absolute atomic E-state index is 0.0478. The quantitative estimate of drug-likeness (QED) is 0.768. The van der Waals surface area contributed by atoms with E-state index in [4.69, 9.17) is 9.26 Å². The van der Waals surface area contributed by atoms with Crippen LogP contribution in [0.5, 0.6) is 0 Å². The van der Waals surface area contributed by atoms with Crippen LogP contribution in [0, 0.1) is 12.8 Å². The molecular weight excluding hydrogens is 342 g/mol. The third-order valence-corrected chi connectivity index (χ3v) is 5.44. The molecule has 1 amide bonds. The summed E-state index contributed by atoms with van der Waals surface area (Å²) in [5, 5.41) is 7.81. The molecule has 6 heteroatoms. The number of nitrogens with zero attached hydrogens (tertiary/aromatic N) is 2. The van der Waals surface area contributed by atoms with Crippen LogP contribution < -0.4 is 5.32 Å². The van der Waals surface area contributed by atoms with Crippen molar-refractivity contribution < 1.29 is 14.1 Å². The fourth-order valence-electron chi connectivity index (χ4n) is 3.85. The van der Waals surface area contributed by atoms with Crippen LogP contribution in [-0.2, 0) is 4.74 Å². The second-order valence-corrected chi connectivity index (χ2v) is 7.48. The fraction of sp³-hybridized carbons (Fsp3) is 0.381. The van der Waals surface area contributed by atoms with Gasteiger partial charge in [-0.1, -0.05) is 35.5 Å². The number of hydrogen-bond acceptors (Lipinski definition) is 5. The van der Waals surface area contributed by atoms with E-state index in [1.165, 1.54) is 12.8 Å². The molecule has 2 fully saturated rings. The molecule has 0 spiro atoms. The molecule has 1 aliphatic heterocycles. The molecule has 138 valence electrons. The van der Waals surface area contributed by atoms with Gasteiger partial charge in [0.15, 0.2) is 0 Å². The highest BCUT2D eigenvalue weighted by Crippen LogP contribution is 2.38. The highest BCUT2D eigenvalue weighted by atomic mass is 16.5. The number of ether oxygens (including phenoxy) is 1. The summed E-state index contributed by atoms with van der Waals surface area (Å²) >= 11 is 0. The van der Waals surface area contributed by atoms with Gasteiger partial charge >= 0.3 is 0 Å². The van der Waals surface area contributed by atoms with Crippen molar-refractivity contribution in [3.8, 4) is 11.3 Å². The largest absolute Gasteiger partial charge is 0.376 e. The Hall–Kier alpha value is -2.73. The predicted molar refractivity (Wildman–Crippen MR) is 100 cm³/mol. The van der Waals surface area contributed by atoms with Crippen molar-refractivity contribution in [2.75, 3.05) is 6.61 Å². The van der Waals surface area contributed by atoms with E-state index in [1.54, 1.807) is 0 Å². The van der Waals surface area contributed by atoms with Crippen molar-refractivity contribution in [1.82, 2.24) is 15.5 Å². The summed E-state index contributed by atoms with van der Waals surface area (Å²) in [4.78, 5) is 17.6. The molecule has 0 bridgehead atoms. The normalized spacial score (nSPS) is 22.3. The van der Waals surface area contributed by atoms with Crippen LogP contribution in [0.1, 0.15) is 35.3 Å². The first-order valence-corrected chi connectivity index (χ1v) is 9.44. The number of carbonyl (C=O) groups is 1. The van der Waals surface area contributed by atoms with Crippen LogP contribution in [0.15, 0.2) is 40.9 Å². The van der Waals surface area contributed by atoms with E-state index in [1.807, 2.05) is 43.3 Å². The average Bonchev–Trinajstić information content (AvgIpc) is 3.34. The van der Waals surface area contributed by atoms with E-state index < -0.39 is 0 Å². The number of aromatic nitrogens is 2. The Kier molecular flexibility index (Phi) is 3.93. The lowest BCUT2D eigenvalue weighted by atomic mass is 10.0. The number of pyridine rings is 1. The van der Waals surface area contributed by atoms with E-state index in [2.05, 4.69) is 15.5 Å². The van der Waals surface area contributed by atoms with Gasteiger partial charge in [0.25, 0.3) is 11.6 Å². The van der Waals surface area contributed by atoms with E-state index in [0.29, 0.717) is 46.7 Å². The Morgan fingerprint density at radius 1 is 1.22 bits per heavy atom. The highest BCUT2D eigenvalue weighted by molar-refractivity contribution is 6.07. The first-order valence-electron chi connectivity index (χ1n) is 9.44. The first-order chi connectivity index (χ1) is 13.2. The van der Waals surface area contributed by atoms with Crippen molar-refractivity contribution in [3.05, 3.63) is 47.7 Å². The van der Waals surface area contributed by atoms with Crippen LogP contribution in [0.4, 0.5) is 0 Å². The van der Waals surface area contributed by atoms with Gasteiger partial charge in [-0.3, -0.25) is 4.79 Å². The molecule has 1 saturated carbocycles. The number of carbonyl (C=O) groups excluding carboxylic acids is 1. The van der Waals surface area contributed by atoms with E-state index in [0.717, 1.165) is 12.0 Å². The van der Waals surface area contributed by atoms with E-state index in [-0.39, 0.29) is 11.9 Å². The van der Waals surface area contributed by atoms with Gasteiger partial charge in [0.05, 0.1) is 41.1 Å². The molecule has 1 aliphatic carbocycles.